The van der Waals surface area contributed by atoms with Crippen LogP contribution in [-0.4, -0.2) is 32.8 Å². The van der Waals surface area contributed by atoms with E-state index in [9.17, 15) is 13.2 Å². The van der Waals surface area contributed by atoms with Crippen molar-refractivity contribution in [1.82, 2.24) is 4.90 Å². The van der Waals surface area contributed by atoms with Crippen molar-refractivity contribution in [2.45, 2.75) is 31.1 Å². The van der Waals surface area contributed by atoms with Crippen molar-refractivity contribution in [2.75, 3.05) is 13.6 Å². The van der Waals surface area contributed by atoms with Crippen LogP contribution in [0, 0.1) is 12.8 Å². The predicted molar refractivity (Wildman–Crippen MR) is 86.2 cm³/mol. The summed E-state index contributed by atoms with van der Waals surface area (Å²) in [6.45, 7) is 2.31. The maximum absolute atomic E-state index is 12.5. The predicted octanol–water partition coefficient (Wildman–Crippen LogP) is 3.56. The van der Waals surface area contributed by atoms with E-state index < -0.39 is 9.05 Å². The van der Waals surface area contributed by atoms with Gasteiger partial charge >= 0.3 is 0 Å². The molecule has 0 unspecified atom stereocenters. The third-order valence-electron chi connectivity index (χ3n) is 3.92. The van der Waals surface area contributed by atoms with Crippen LogP contribution in [0.3, 0.4) is 0 Å². The molecular weight excluding hydrogens is 378 g/mol. The summed E-state index contributed by atoms with van der Waals surface area (Å²) in [4.78, 5) is 14.2. The van der Waals surface area contributed by atoms with Crippen LogP contribution < -0.4 is 0 Å². The van der Waals surface area contributed by atoms with Crippen LogP contribution in [-0.2, 0) is 9.05 Å². The summed E-state index contributed by atoms with van der Waals surface area (Å²) in [6.07, 6.45) is 3.52. The molecule has 0 saturated heterocycles. The maximum Gasteiger partial charge on any atom is 0.261 e. The standard InChI is InChI=1S/C14H17BrClNO3S/c1-9-12(6-11(15)7-13(9)21(16,19)20)14(18)17(2)8-10-4-3-5-10/h6-7,10H,3-5,8H2,1-2H3. The molecule has 0 N–H and O–H groups in total. The Balaban J connectivity index is 2.34. The number of nitrogens with zero attached hydrogens (tertiary/aromatic N) is 1. The van der Waals surface area contributed by atoms with Gasteiger partial charge in [0.05, 0.1) is 4.90 Å². The third kappa shape index (κ3) is 3.79. The summed E-state index contributed by atoms with van der Waals surface area (Å²) in [5.74, 6) is 0.380. The van der Waals surface area contributed by atoms with Crippen molar-refractivity contribution in [3.63, 3.8) is 0 Å². The van der Waals surface area contributed by atoms with E-state index in [0.29, 0.717) is 28.1 Å². The van der Waals surface area contributed by atoms with Gasteiger partial charge in [0.15, 0.2) is 0 Å². The van der Waals surface area contributed by atoms with Gasteiger partial charge in [0, 0.05) is 34.3 Å². The van der Waals surface area contributed by atoms with Crippen molar-refractivity contribution in [2.24, 2.45) is 5.92 Å². The maximum atomic E-state index is 12.5. The second-order valence-electron chi connectivity index (χ2n) is 5.50. The Labute approximate surface area is 138 Å². The molecule has 1 aliphatic rings. The minimum Gasteiger partial charge on any atom is -0.341 e. The zero-order valence-corrected chi connectivity index (χ0v) is 15.1. The fourth-order valence-electron chi connectivity index (χ4n) is 2.48. The van der Waals surface area contributed by atoms with Gasteiger partial charge in [-0.3, -0.25) is 4.79 Å². The lowest BCUT2D eigenvalue weighted by atomic mass is 9.85. The molecule has 0 aliphatic heterocycles. The largest absolute Gasteiger partial charge is 0.341 e. The molecule has 21 heavy (non-hydrogen) atoms. The SMILES string of the molecule is Cc1c(C(=O)N(C)CC2CCC2)cc(Br)cc1S(=O)(=O)Cl. The van der Waals surface area contributed by atoms with E-state index in [2.05, 4.69) is 15.9 Å². The lowest BCUT2D eigenvalue weighted by Crippen LogP contribution is -2.34. The molecule has 0 aromatic heterocycles. The molecule has 2 rings (SSSR count). The van der Waals surface area contributed by atoms with Crippen LogP contribution in [0.4, 0.5) is 0 Å². The van der Waals surface area contributed by atoms with Gasteiger partial charge in [-0.1, -0.05) is 22.4 Å². The van der Waals surface area contributed by atoms with Crippen LogP contribution in [0.1, 0.15) is 35.2 Å². The summed E-state index contributed by atoms with van der Waals surface area (Å²) in [7, 11) is 3.30. The second kappa shape index (κ2) is 6.26. The topological polar surface area (TPSA) is 54.5 Å². The third-order valence-corrected chi connectivity index (χ3v) is 5.83. The number of benzene rings is 1. The van der Waals surface area contributed by atoms with Gasteiger partial charge < -0.3 is 4.90 Å². The highest BCUT2D eigenvalue weighted by atomic mass is 79.9. The van der Waals surface area contributed by atoms with Crippen LogP contribution in [0.15, 0.2) is 21.5 Å². The molecule has 1 aromatic carbocycles. The molecule has 1 aromatic rings. The zero-order valence-electron chi connectivity index (χ0n) is 11.9. The molecule has 116 valence electrons. The van der Waals surface area contributed by atoms with Crippen molar-refractivity contribution >= 4 is 41.6 Å². The van der Waals surface area contributed by atoms with E-state index in [0.717, 1.165) is 12.8 Å². The Morgan fingerprint density at radius 1 is 1.43 bits per heavy atom. The molecule has 0 bridgehead atoms. The number of halogens is 2. The fourth-order valence-corrected chi connectivity index (χ4v) is 4.31. The lowest BCUT2D eigenvalue weighted by Gasteiger charge is -2.30. The average Bonchev–Trinajstić information content (AvgIpc) is 2.33. The average molecular weight is 395 g/mol. The lowest BCUT2D eigenvalue weighted by molar-refractivity contribution is 0.0744. The molecule has 0 heterocycles. The van der Waals surface area contributed by atoms with Gasteiger partial charge in [0.25, 0.3) is 15.0 Å². The van der Waals surface area contributed by atoms with E-state index in [1.54, 1.807) is 24.9 Å². The van der Waals surface area contributed by atoms with Crippen LogP contribution in [0.25, 0.3) is 0 Å². The molecule has 0 atom stereocenters. The molecule has 1 aliphatic carbocycles. The summed E-state index contributed by atoms with van der Waals surface area (Å²) < 4.78 is 23.7. The molecule has 1 fully saturated rings. The van der Waals surface area contributed by atoms with Gasteiger partial charge in [-0.15, -0.1) is 0 Å². The van der Waals surface area contributed by atoms with Gasteiger partial charge in [-0.25, -0.2) is 8.42 Å². The second-order valence-corrected chi connectivity index (χ2v) is 8.95. The Morgan fingerprint density at radius 3 is 2.52 bits per heavy atom. The van der Waals surface area contributed by atoms with Crippen molar-refractivity contribution in [3.05, 3.63) is 27.7 Å². The van der Waals surface area contributed by atoms with Gasteiger partial charge in [0.1, 0.15) is 0 Å². The summed E-state index contributed by atoms with van der Waals surface area (Å²) in [5.41, 5.74) is 0.754. The Morgan fingerprint density at radius 2 is 2.05 bits per heavy atom. The highest BCUT2D eigenvalue weighted by Gasteiger charge is 2.25. The van der Waals surface area contributed by atoms with Crippen LogP contribution in [0.2, 0.25) is 0 Å². The summed E-state index contributed by atoms with van der Waals surface area (Å²) >= 11 is 3.24. The Kier molecular flexibility index (Phi) is 5.00. The number of hydrogen-bond acceptors (Lipinski definition) is 3. The normalized spacial score (nSPS) is 15.6. The van der Waals surface area contributed by atoms with E-state index in [4.69, 9.17) is 10.7 Å². The first kappa shape index (κ1) is 16.8. The molecule has 7 heteroatoms. The van der Waals surface area contributed by atoms with Crippen molar-refractivity contribution in [3.8, 4) is 0 Å². The van der Waals surface area contributed by atoms with Gasteiger partial charge in [0.2, 0.25) is 0 Å². The smallest absolute Gasteiger partial charge is 0.261 e. The Bertz CT molecular complexity index is 671. The van der Waals surface area contributed by atoms with Crippen LogP contribution >= 0.6 is 26.6 Å². The fraction of sp³-hybridized carbons (Fsp3) is 0.500. The van der Waals surface area contributed by atoms with E-state index in [1.807, 2.05) is 0 Å². The molecule has 0 spiro atoms. The molecule has 1 amide bonds. The molecule has 0 radical (unpaired) electrons. The van der Waals surface area contributed by atoms with Crippen molar-refractivity contribution in [1.29, 1.82) is 0 Å². The number of rotatable bonds is 4. The van der Waals surface area contributed by atoms with E-state index in [1.165, 1.54) is 12.5 Å². The van der Waals surface area contributed by atoms with Crippen LogP contribution in [0.5, 0.6) is 0 Å². The van der Waals surface area contributed by atoms with Gasteiger partial charge in [-0.2, -0.15) is 0 Å². The molecule has 1 saturated carbocycles. The quantitative estimate of drug-likeness (QED) is 0.734. The molecule has 4 nitrogen and oxygen atoms in total. The van der Waals surface area contributed by atoms with E-state index in [-0.39, 0.29) is 10.8 Å². The number of carbonyl (C=O) groups excluding carboxylic acids is 1. The number of amides is 1. The monoisotopic (exact) mass is 393 g/mol. The Hall–Kier alpha value is -0.590. The highest BCUT2D eigenvalue weighted by molar-refractivity contribution is 9.10. The van der Waals surface area contributed by atoms with Crippen molar-refractivity contribution < 1.29 is 13.2 Å². The zero-order chi connectivity index (χ0) is 15.8. The highest BCUT2D eigenvalue weighted by Crippen LogP contribution is 2.30. The minimum atomic E-state index is -3.88. The summed E-state index contributed by atoms with van der Waals surface area (Å²) in [5, 5.41) is 0. The first-order valence-corrected chi connectivity index (χ1v) is 9.80. The minimum absolute atomic E-state index is 0.0288. The van der Waals surface area contributed by atoms with Gasteiger partial charge in [-0.05, 0) is 43.4 Å². The number of carbonyl (C=O) groups is 1. The number of hydrogen-bond donors (Lipinski definition) is 0. The van der Waals surface area contributed by atoms with E-state index >= 15 is 0 Å². The molecular formula is C14H17BrClNO3S. The summed E-state index contributed by atoms with van der Waals surface area (Å²) in [6, 6.07) is 3.06. The first-order chi connectivity index (χ1) is 9.70. The first-order valence-electron chi connectivity index (χ1n) is 6.70.